The van der Waals surface area contributed by atoms with E-state index in [1.54, 1.807) is 11.2 Å². The molecule has 5 heteroatoms. The van der Waals surface area contributed by atoms with E-state index >= 15 is 0 Å². The van der Waals surface area contributed by atoms with Crippen molar-refractivity contribution in [2.75, 3.05) is 25.9 Å². The zero-order chi connectivity index (χ0) is 12.0. The number of hydrogen-bond donors (Lipinski definition) is 1. The lowest BCUT2D eigenvalue weighted by Gasteiger charge is -2.33. The van der Waals surface area contributed by atoms with Gasteiger partial charge in [0.1, 0.15) is 0 Å². The Kier molecular flexibility index (Phi) is 5.72. The summed E-state index contributed by atoms with van der Waals surface area (Å²) in [6.07, 6.45) is 5.65. The molecule has 1 saturated carbocycles. The fraction of sp³-hybridized carbons (Fsp3) is 1.00. The van der Waals surface area contributed by atoms with E-state index in [9.17, 15) is 8.42 Å². The third-order valence-corrected chi connectivity index (χ3v) is 5.21. The second-order valence-electron chi connectivity index (χ2n) is 4.41. The van der Waals surface area contributed by atoms with Gasteiger partial charge >= 0.3 is 0 Å². The molecule has 1 aliphatic rings. The number of nitrogens with zero attached hydrogens (tertiary/aromatic N) is 1. The van der Waals surface area contributed by atoms with Gasteiger partial charge in [0.05, 0.1) is 5.75 Å². The molecule has 1 aliphatic carbocycles. The fourth-order valence-corrected chi connectivity index (χ4v) is 3.67. The van der Waals surface area contributed by atoms with Crippen molar-refractivity contribution in [3.63, 3.8) is 0 Å². The van der Waals surface area contributed by atoms with Gasteiger partial charge < -0.3 is 5.32 Å². The molecule has 0 radical (unpaired) electrons. The van der Waals surface area contributed by atoms with Crippen molar-refractivity contribution in [2.24, 2.45) is 0 Å². The van der Waals surface area contributed by atoms with Gasteiger partial charge in [-0.05, 0) is 26.8 Å². The van der Waals surface area contributed by atoms with Gasteiger partial charge in [-0.2, -0.15) is 4.31 Å². The SMILES string of the molecule is CCS(=O)(=O)N(CCNC)C1CCCCC1. The van der Waals surface area contributed by atoms with E-state index in [1.807, 2.05) is 7.05 Å². The minimum Gasteiger partial charge on any atom is -0.318 e. The van der Waals surface area contributed by atoms with Gasteiger partial charge in [0, 0.05) is 19.1 Å². The third-order valence-electron chi connectivity index (χ3n) is 3.29. The van der Waals surface area contributed by atoms with Crippen LogP contribution in [0, 0.1) is 0 Å². The first-order valence-corrected chi connectivity index (χ1v) is 7.87. The summed E-state index contributed by atoms with van der Waals surface area (Å²) >= 11 is 0. The molecule has 0 atom stereocenters. The first-order valence-electron chi connectivity index (χ1n) is 6.26. The zero-order valence-corrected chi connectivity index (χ0v) is 11.2. The molecule has 0 saturated heterocycles. The summed E-state index contributed by atoms with van der Waals surface area (Å²) in [5, 5.41) is 3.03. The Labute approximate surface area is 99.5 Å². The van der Waals surface area contributed by atoms with E-state index in [1.165, 1.54) is 19.3 Å². The van der Waals surface area contributed by atoms with Crippen molar-refractivity contribution in [1.82, 2.24) is 9.62 Å². The number of likely N-dealkylation sites (N-methyl/N-ethyl adjacent to an activating group) is 1. The Morgan fingerprint density at radius 1 is 1.25 bits per heavy atom. The molecule has 1 N–H and O–H groups in total. The quantitative estimate of drug-likeness (QED) is 0.768. The maximum absolute atomic E-state index is 12.0. The van der Waals surface area contributed by atoms with E-state index in [0.29, 0.717) is 6.54 Å². The Hall–Kier alpha value is -0.130. The third kappa shape index (κ3) is 3.71. The van der Waals surface area contributed by atoms with E-state index in [0.717, 1.165) is 19.4 Å². The molecule has 0 amide bonds. The maximum atomic E-state index is 12.0. The van der Waals surface area contributed by atoms with Crippen LogP contribution in [0.2, 0.25) is 0 Å². The molecular formula is C11H24N2O2S. The standard InChI is InChI=1S/C11H24N2O2S/c1-3-16(14,15)13(10-9-12-2)11-7-5-4-6-8-11/h11-12H,3-10H2,1-2H3. The molecule has 0 spiro atoms. The average molecular weight is 248 g/mol. The van der Waals surface area contributed by atoms with Gasteiger partial charge in [-0.15, -0.1) is 0 Å². The summed E-state index contributed by atoms with van der Waals surface area (Å²) in [4.78, 5) is 0. The topological polar surface area (TPSA) is 49.4 Å². The van der Waals surface area contributed by atoms with Gasteiger partial charge in [-0.25, -0.2) is 8.42 Å². The lowest BCUT2D eigenvalue weighted by molar-refractivity contribution is 0.254. The van der Waals surface area contributed by atoms with E-state index in [-0.39, 0.29) is 11.8 Å². The molecule has 0 aromatic heterocycles. The van der Waals surface area contributed by atoms with Crippen LogP contribution < -0.4 is 5.32 Å². The Morgan fingerprint density at radius 2 is 1.88 bits per heavy atom. The van der Waals surface area contributed by atoms with E-state index < -0.39 is 10.0 Å². The molecule has 0 unspecified atom stereocenters. The summed E-state index contributed by atoms with van der Waals surface area (Å²) < 4.78 is 25.7. The van der Waals surface area contributed by atoms with Gasteiger partial charge in [0.15, 0.2) is 0 Å². The fourth-order valence-electron chi connectivity index (χ4n) is 2.31. The second-order valence-corrected chi connectivity index (χ2v) is 6.62. The van der Waals surface area contributed by atoms with Crippen molar-refractivity contribution < 1.29 is 8.42 Å². The molecule has 1 rings (SSSR count). The van der Waals surface area contributed by atoms with E-state index in [2.05, 4.69) is 5.32 Å². The summed E-state index contributed by atoms with van der Waals surface area (Å²) in [5.74, 6) is 0.215. The van der Waals surface area contributed by atoms with Crippen LogP contribution in [-0.2, 0) is 10.0 Å². The monoisotopic (exact) mass is 248 g/mol. The highest BCUT2D eigenvalue weighted by molar-refractivity contribution is 7.89. The number of hydrogen-bond acceptors (Lipinski definition) is 3. The van der Waals surface area contributed by atoms with Crippen LogP contribution in [0.25, 0.3) is 0 Å². The van der Waals surface area contributed by atoms with Crippen molar-refractivity contribution in [3.8, 4) is 0 Å². The van der Waals surface area contributed by atoms with Gasteiger partial charge in [-0.1, -0.05) is 19.3 Å². The second kappa shape index (κ2) is 6.57. The van der Waals surface area contributed by atoms with Crippen LogP contribution >= 0.6 is 0 Å². The van der Waals surface area contributed by atoms with Crippen LogP contribution in [0.3, 0.4) is 0 Å². The number of sulfonamides is 1. The van der Waals surface area contributed by atoms with Crippen molar-refractivity contribution in [3.05, 3.63) is 0 Å². The molecule has 96 valence electrons. The predicted molar refractivity (Wildman–Crippen MR) is 67.0 cm³/mol. The van der Waals surface area contributed by atoms with Crippen LogP contribution in [0.1, 0.15) is 39.0 Å². The van der Waals surface area contributed by atoms with E-state index in [4.69, 9.17) is 0 Å². The van der Waals surface area contributed by atoms with Gasteiger partial charge in [0.25, 0.3) is 0 Å². The summed E-state index contributed by atoms with van der Waals surface area (Å²) in [6.45, 7) is 3.07. The molecule has 0 heterocycles. The molecule has 1 fully saturated rings. The molecule has 0 aromatic carbocycles. The zero-order valence-electron chi connectivity index (χ0n) is 10.4. The largest absolute Gasteiger partial charge is 0.318 e. The summed E-state index contributed by atoms with van der Waals surface area (Å²) in [5.41, 5.74) is 0. The highest BCUT2D eigenvalue weighted by Gasteiger charge is 2.28. The molecule has 4 nitrogen and oxygen atoms in total. The van der Waals surface area contributed by atoms with Crippen LogP contribution in [-0.4, -0.2) is 44.7 Å². The first-order chi connectivity index (χ1) is 7.61. The van der Waals surface area contributed by atoms with Crippen molar-refractivity contribution >= 4 is 10.0 Å². The molecule has 0 aromatic rings. The normalized spacial score (nSPS) is 19.2. The number of nitrogens with one attached hydrogen (secondary N) is 1. The average Bonchev–Trinajstić information content (AvgIpc) is 2.31. The summed E-state index contributed by atoms with van der Waals surface area (Å²) in [7, 11) is -1.18. The minimum atomic E-state index is -3.04. The van der Waals surface area contributed by atoms with Gasteiger partial charge in [-0.3, -0.25) is 0 Å². The lowest BCUT2D eigenvalue weighted by atomic mass is 9.95. The minimum absolute atomic E-state index is 0.215. The molecule has 16 heavy (non-hydrogen) atoms. The first kappa shape index (κ1) is 13.9. The maximum Gasteiger partial charge on any atom is 0.214 e. The Balaban J connectivity index is 2.69. The molecular weight excluding hydrogens is 224 g/mol. The predicted octanol–water partition coefficient (Wildman–Crippen LogP) is 1.19. The van der Waals surface area contributed by atoms with Gasteiger partial charge in [0.2, 0.25) is 10.0 Å². The molecule has 0 bridgehead atoms. The lowest BCUT2D eigenvalue weighted by Crippen LogP contribution is -2.45. The Bertz CT molecular complexity index is 284. The van der Waals surface area contributed by atoms with Crippen molar-refractivity contribution in [1.29, 1.82) is 0 Å². The Morgan fingerprint density at radius 3 is 2.38 bits per heavy atom. The smallest absolute Gasteiger partial charge is 0.214 e. The summed E-state index contributed by atoms with van der Waals surface area (Å²) in [6, 6.07) is 0.243. The van der Waals surface area contributed by atoms with Crippen molar-refractivity contribution in [2.45, 2.75) is 45.1 Å². The van der Waals surface area contributed by atoms with Crippen LogP contribution in [0.4, 0.5) is 0 Å². The highest BCUT2D eigenvalue weighted by Crippen LogP contribution is 2.24. The number of rotatable bonds is 6. The molecule has 0 aliphatic heterocycles. The van der Waals surface area contributed by atoms with Crippen LogP contribution in [0.15, 0.2) is 0 Å². The van der Waals surface area contributed by atoms with Crippen LogP contribution in [0.5, 0.6) is 0 Å². The highest BCUT2D eigenvalue weighted by atomic mass is 32.2.